The summed E-state index contributed by atoms with van der Waals surface area (Å²) in [6, 6.07) is 11.7. The molecule has 120 valence electrons. The summed E-state index contributed by atoms with van der Waals surface area (Å²) >= 11 is 0. The predicted molar refractivity (Wildman–Crippen MR) is 94.1 cm³/mol. The average molecular weight is 298 g/mol. The van der Waals surface area contributed by atoms with Crippen LogP contribution < -0.4 is 0 Å². The Hall–Kier alpha value is -1.57. The minimum Gasteiger partial charge on any atom is -0.334 e. The van der Waals surface area contributed by atoms with Gasteiger partial charge in [-0.2, -0.15) is 0 Å². The van der Waals surface area contributed by atoms with Gasteiger partial charge in [0.1, 0.15) is 0 Å². The van der Waals surface area contributed by atoms with Crippen molar-refractivity contribution >= 4 is 0 Å². The molecule has 1 heterocycles. The second-order valence-corrected chi connectivity index (χ2v) is 6.28. The van der Waals surface area contributed by atoms with Crippen LogP contribution in [0.25, 0.3) is 0 Å². The van der Waals surface area contributed by atoms with Crippen molar-refractivity contribution in [3.63, 3.8) is 0 Å². The molecule has 0 aliphatic heterocycles. The van der Waals surface area contributed by atoms with E-state index in [1.54, 1.807) is 0 Å². The number of hydrogen-bond donors (Lipinski definition) is 0. The Balaban J connectivity index is 1.89. The van der Waals surface area contributed by atoms with Gasteiger partial charge in [0.05, 0.1) is 6.33 Å². The molecule has 0 N–H and O–H groups in total. The standard InChI is InChI=1S/C20H30N2/c1-3-9-18(19-11-6-5-7-12-19)13-8-14-20(10-4-2)22-16-15-21-17-22/h5-7,11-12,15-18,20H,3-4,8-10,13-14H2,1-2H3. The van der Waals surface area contributed by atoms with E-state index < -0.39 is 0 Å². The lowest BCUT2D eigenvalue weighted by molar-refractivity contribution is 0.399. The SMILES string of the molecule is CCCC(CCCC(CCC)n1ccnc1)c1ccccc1. The van der Waals surface area contributed by atoms with Gasteiger partial charge in [0.25, 0.3) is 0 Å². The van der Waals surface area contributed by atoms with Crippen LogP contribution in [0.4, 0.5) is 0 Å². The zero-order valence-corrected chi connectivity index (χ0v) is 14.1. The van der Waals surface area contributed by atoms with Crippen LogP contribution in [-0.4, -0.2) is 9.55 Å². The monoisotopic (exact) mass is 298 g/mol. The molecule has 0 fully saturated rings. The van der Waals surface area contributed by atoms with Crippen LogP contribution in [0.3, 0.4) is 0 Å². The van der Waals surface area contributed by atoms with E-state index in [-0.39, 0.29) is 0 Å². The lowest BCUT2D eigenvalue weighted by Crippen LogP contribution is -2.08. The number of rotatable bonds is 10. The van der Waals surface area contributed by atoms with Crippen molar-refractivity contribution in [2.24, 2.45) is 0 Å². The second-order valence-electron chi connectivity index (χ2n) is 6.28. The topological polar surface area (TPSA) is 17.8 Å². The normalized spacial score (nSPS) is 13.9. The summed E-state index contributed by atoms with van der Waals surface area (Å²) in [5.74, 6) is 0.719. The Kier molecular flexibility index (Phi) is 7.21. The van der Waals surface area contributed by atoms with Crippen LogP contribution in [0.1, 0.15) is 76.3 Å². The van der Waals surface area contributed by atoms with E-state index in [9.17, 15) is 0 Å². The van der Waals surface area contributed by atoms with Crippen molar-refractivity contribution in [2.45, 2.75) is 70.8 Å². The first kappa shape index (κ1) is 16.8. The van der Waals surface area contributed by atoms with Crippen LogP contribution in [0.5, 0.6) is 0 Å². The van der Waals surface area contributed by atoms with E-state index in [1.165, 1.54) is 50.5 Å². The first-order chi connectivity index (χ1) is 10.8. The highest BCUT2D eigenvalue weighted by Crippen LogP contribution is 2.29. The third-order valence-electron chi connectivity index (χ3n) is 4.57. The van der Waals surface area contributed by atoms with Gasteiger partial charge in [-0.3, -0.25) is 0 Å². The van der Waals surface area contributed by atoms with Gasteiger partial charge in [0.2, 0.25) is 0 Å². The Morgan fingerprint density at radius 3 is 2.36 bits per heavy atom. The van der Waals surface area contributed by atoms with Crippen LogP contribution in [0, 0.1) is 0 Å². The first-order valence-corrected chi connectivity index (χ1v) is 8.87. The van der Waals surface area contributed by atoms with Gasteiger partial charge < -0.3 is 4.57 Å². The fourth-order valence-electron chi connectivity index (χ4n) is 3.41. The van der Waals surface area contributed by atoms with Crippen LogP contribution in [0.2, 0.25) is 0 Å². The fourth-order valence-corrected chi connectivity index (χ4v) is 3.41. The average Bonchev–Trinajstić information content (AvgIpc) is 3.08. The summed E-state index contributed by atoms with van der Waals surface area (Å²) in [7, 11) is 0. The van der Waals surface area contributed by atoms with Gasteiger partial charge in [0, 0.05) is 18.4 Å². The Labute approximate surface area is 135 Å². The molecule has 0 spiro atoms. The van der Waals surface area contributed by atoms with Crippen molar-refractivity contribution in [3.8, 4) is 0 Å². The fraction of sp³-hybridized carbons (Fsp3) is 0.550. The molecular formula is C20H30N2. The van der Waals surface area contributed by atoms with E-state index in [4.69, 9.17) is 0 Å². The van der Waals surface area contributed by atoms with Crippen LogP contribution >= 0.6 is 0 Å². The smallest absolute Gasteiger partial charge is 0.0948 e. The molecule has 0 aliphatic carbocycles. The highest BCUT2D eigenvalue weighted by atomic mass is 15.0. The second kappa shape index (κ2) is 9.45. The number of hydrogen-bond acceptors (Lipinski definition) is 1. The maximum Gasteiger partial charge on any atom is 0.0948 e. The van der Waals surface area contributed by atoms with Crippen molar-refractivity contribution in [3.05, 3.63) is 54.6 Å². The van der Waals surface area contributed by atoms with Crippen LogP contribution in [-0.2, 0) is 0 Å². The zero-order valence-electron chi connectivity index (χ0n) is 14.1. The zero-order chi connectivity index (χ0) is 15.6. The Morgan fingerprint density at radius 2 is 1.73 bits per heavy atom. The number of imidazole rings is 1. The minimum atomic E-state index is 0.616. The molecule has 2 atom stereocenters. The van der Waals surface area contributed by atoms with Crippen LogP contribution in [0.15, 0.2) is 49.1 Å². The third kappa shape index (κ3) is 5.01. The van der Waals surface area contributed by atoms with E-state index in [2.05, 4.69) is 59.9 Å². The summed E-state index contributed by atoms with van der Waals surface area (Å²) in [5.41, 5.74) is 1.51. The highest BCUT2D eigenvalue weighted by Gasteiger charge is 2.13. The molecule has 0 radical (unpaired) electrons. The van der Waals surface area contributed by atoms with Gasteiger partial charge in [-0.05, 0) is 37.2 Å². The molecule has 0 bridgehead atoms. The third-order valence-corrected chi connectivity index (χ3v) is 4.57. The Bertz CT molecular complexity index is 490. The molecular weight excluding hydrogens is 268 g/mol. The number of nitrogens with zero attached hydrogens (tertiary/aromatic N) is 2. The highest BCUT2D eigenvalue weighted by molar-refractivity contribution is 5.19. The molecule has 0 aliphatic rings. The first-order valence-electron chi connectivity index (χ1n) is 8.87. The quantitative estimate of drug-likeness (QED) is 0.527. The van der Waals surface area contributed by atoms with Crippen molar-refractivity contribution in [2.75, 3.05) is 0 Å². The molecule has 2 aromatic rings. The maximum absolute atomic E-state index is 4.21. The summed E-state index contributed by atoms with van der Waals surface area (Å²) in [6.45, 7) is 4.56. The largest absolute Gasteiger partial charge is 0.334 e. The molecule has 2 heteroatoms. The summed E-state index contributed by atoms with van der Waals surface area (Å²) in [5, 5.41) is 0. The molecule has 0 amide bonds. The van der Waals surface area contributed by atoms with Gasteiger partial charge >= 0.3 is 0 Å². The lowest BCUT2D eigenvalue weighted by atomic mass is 9.88. The molecule has 22 heavy (non-hydrogen) atoms. The summed E-state index contributed by atoms with van der Waals surface area (Å²) < 4.78 is 2.29. The molecule has 0 saturated heterocycles. The molecule has 2 rings (SSSR count). The van der Waals surface area contributed by atoms with Crippen molar-refractivity contribution < 1.29 is 0 Å². The molecule has 1 aromatic carbocycles. The van der Waals surface area contributed by atoms with Gasteiger partial charge in [0.15, 0.2) is 0 Å². The van der Waals surface area contributed by atoms with Gasteiger partial charge in [-0.1, -0.05) is 63.4 Å². The van der Waals surface area contributed by atoms with E-state index >= 15 is 0 Å². The molecule has 1 aromatic heterocycles. The van der Waals surface area contributed by atoms with E-state index in [1.807, 2.05) is 12.5 Å². The molecule has 0 saturated carbocycles. The Morgan fingerprint density at radius 1 is 0.955 bits per heavy atom. The summed E-state index contributed by atoms with van der Waals surface area (Å²) in [6.07, 6.45) is 14.9. The number of aromatic nitrogens is 2. The summed E-state index contributed by atoms with van der Waals surface area (Å²) in [4.78, 5) is 4.21. The van der Waals surface area contributed by atoms with Gasteiger partial charge in [-0.25, -0.2) is 4.98 Å². The molecule has 2 nitrogen and oxygen atoms in total. The number of benzene rings is 1. The van der Waals surface area contributed by atoms with Crippen molar-refractivity contribution in [1.82, 2.24) is 9.55 Å². The van der Waals surface area contributed by atoms with E-state index in [0.29, 0.717) is 6.04 Å². The van der Waals surface area contributed by atoms with E-state index in [0.717, 1.165) is 5.92 Å². The predicted octanol–water partition coefficient (Wildman–Crippen LogP) is 5.98. The lowest BCUT2D eigenvalue weighted by Gasteiger charge is -2.21. The minimum absolute atomic E-state index is 0.616. The van der Waals surface area contributed by atoms with Gasteiger partial charge in [-0.15, -0.1) is 0 Å². The van der Waals surface area contributed by atoms with Crippen molar-refractivity contribution in [1.29, 1.82) is 0 Å². The molecule has 2 unspecified atom stereocenters. The maximum atomic E-state index is 4.21.